The van der Waals surface area contributed by atoms with Crippen LogP contribution in [0.4, 0.5) is 0 Å². The Hall–Kier alpha value is -0.670. The Morgan fingerprint density at radius 2 is 1.89 bits per heavy atom. The molecule has 1 N–H and O–H groups in total. The van der Waals surface area contributed by atoms with Gasteiger partial charge in [0.2, 0.25) is 0 Å². The summed E-state index contributed by atoms with van der Waals surface area (Å²) in [6, 6.07) is 7.81. The summed E-state index contributed by atoms with van der Waals surface area (Å²) in [4.78, 5) is 13.4. The van der Waals surface area contributed by atoms with Crippen LogP contribution in [0.3, 0.4) is 0 Å². The van der Waals surface area contributed by atoms with Gasteiger partial charge in [0.05, 0.1) is 5.38 Å². The van der Waals surface area contributed by atoms with Crippen molar-refractivity contribution in [3.05, 3.63) is 29.8 Å². The smallest absolute Gasteiger partial charge is 0.251 e. The summed E-state index contributed by atoms with van der Waals surface area (Å²) < 4.78 is 0. The van der Waals surface area contributed by atoms with Crippen molar-refractivity contribution in [2.75, 3.05) is 6.26 Å². The molecule has 1 aromatic rings. The fourth-order valence-corrected chi connectivity index (χ4v) is 3.17. The zero-order valence-electron chi connectivity index (χ0n) is 11.2. The van der Waals surface area contributed by atoms with E-state index in [1.54, 1.807) is 11.8 Å². The number of thioether (sulfide) groups is 1. The van der Waals surface area contributed by atoms with Gasteiger partial charge in [0.1, 0.15) is 0 Å². The van der Waals surface area contributed by atoms with Gasteiger partial charge < -0.3 is 5.32 Å². The van der Waals surface area contributed by atoms with Gasteiger partial charge in [-0.05, 0) is 43.4 Å². The summed E-state index contributed by atoms with van der Waals surface area (Å²) in [5.41, 5.74) is 0.714. The van der Waals surface area contributed by atoms with Gasteiger partial charge in [-0.25, -0.2) is 0 Å². The molecule has 1 saturated carbocycles. The number of benzene rings is 1. The molecule has 0 aliphatic heterocycles. The van der Waals surface area contributed by atoms with Crippen LogP contribution >= 0.6 is 23.4 Å². The first kappa shape index (κ1) is 14.7. The number of hydrogen-bond acceptors (Lipinski definition) is 2. The van der Waals surface area contributed by atoms with E-state index in [0.717, 1.165) is 19.3 Å². The van der Waals surface area contributed by atoms with Crippen molar-refractivity contribution in [1.29, 1.82) is 0 Å². The van der Waals surface area contributed by atoms with Crippen LogP contribution in [-0.2, 0) is 0 Å². The molecule has 2 nitrogen and oxygen atoms in total. The van der Waals surface area contributed by atoms with Crippen LogP contribution in [0.15, 0.2) is 29.2 Å². The summed E-state index contributed by atoms with van der Waals surface area (Å²) in [5, 5.41) is 3.15. The second kappa shape index (κ2) is 7.20. The molecule has 1 amide bonds. The van der Waals surface area contributed by atoms with Crippen LogP contribution in [0, 0.1) is 0 Å². The van der Waals surface area contributed by atoms with Gasteiger partial charge in [0.15, 0.2) is 0 Å². The predicted molar refractivity (Wildman–Crippen MR) is 82.2 cm³/mol. The van der Waals surface area contributed by atoms with Crippen LogP contribution in [0.2, 0.25) is 0 Å². The van der Waals surface area contributed by atoms with E-state index < -0.39 is 0 Å². The Bertz CT molecular complexity index is 421. The normalized spacial score (nSPS) is 23.7. The number of carbonyl (C=O) groups excluding carboxylic acids is 1. The molecule has 2 unspecified atom stereocenters. The predicted octanol–water partition coefficient (Wildman–Crippen LogP) is 4.08. The highest BCUT2D eigenvalue weighted by molar-refractivity contribution is 7.98. The summed E-state index contributed by atoms with van der Waals surface area (Å²) in [6.07, 6.45) is 7.56. The summed E-state index contributed by atoms with van der Waals surface area (Å²) in [5.74, 6) is -0.00907. The lowest BCUT2D eigenvalue weighted by Crippen LogP contribution is -2.40. The number of carbonyl (C=O) groups is 1. The third-order valence-corrected chi connectivity index (χ3v) is 4.87. The number of halogens is 1. The molecule has 0 radical (unpaired) electrons. The van der Waals surface area contributed by atoms with Crippen LogP contribution in [-0.4, -0.2) is 23.6 Å². The van der Waals surface area contributed by atoms with E-state index in [2.05, 4.69) is 5.32 Å². The summed E-state index contributed by atoms with van der Waals surface area (Å²) in [7, 11) is 0. The maximum absolute atomic E-state index is 12.2. The van der Waals surface area contributed by atoms with Gasteiger partial charge >= 0.3 is 0 Å². The molecule has 0 saturated heterocycles. The van der Waals surface area contributed by atoms with Crippen LogP contribution < -0.4 is 5.32 Å². The number of nitrogens with one attached hydrogen (secondary N) is 1. The fraction of sp³-hybridized carbons (Fsp3) is 0.533. The molecule has 0 spiro atoms. The minimum atomic E-state index is -0.00907. The first-order chi connectivity index (χ1) is 9.20. The second-order valence-electron chi connectivity index (χ2n) is 4.96. The molecule has 2 atom stereocenters. The maximum Gasteiger partial charge on any atom is 0.251 e. The minimum absolute atomic E-state index is 0.00907. The van der Waals surface area contributed by atoms with E-state index in [4.69, 9.17) is 11.6 Å². The van der Waals surface area contributed by atoms with Gasteiger partial charge in [-0.2, -0.15) is 0 Å². The van der Waals surface area contributed by atoms with E-state index >= 15 is 0 Å². The fourth-order valence-electron chi connectivity index (χ4n) is 2.42. The number of alkyl halides is 1. The molecular weight excluding hydrogens is 278 g/mol. The molecule has 2 rings (SSSR count). The Balaban J connectivity index is 1.98. The van der Waals surface area contributed by atoms with Crippen LogP contribution in [0.25, 0.3) is 0 Å². The van der Waals surface area contributed by atoms with E-state index in [1.165, 1.54) is 17.7 Å². The average molecular weight is 298 g/mol. The van der Waals surface area contributed by atoms with Crippen molar-refractivity contribution >= 4 is 29.3 Å². The Kier molecular flexibility index (Phi) is 5.59. The third kappa shape index (κ3) is 4.15. The highest BCUT2D eigenvalue weighted by atomic mass is 35.5. The number of rotatable bonds is 3. The van der Waals surface area contributed by atoms with Gasteiger partial charge in [0.25, 0.3) is 5.91 Å². The monoisotopic (exact) mass is 297 g/mol. The zero-order chi connectivity index (χ0) is 13.7. The van der Waals surface area contributed by atoms with E-state index in [-0.39, 0.29) is 17.3 Å². The highest BCUT2D eigenvalue weighted by Crippen LogP contribution is 2.23. The van der Waals surface area contributed by atoms with Crippen molar-refractivity contribution in [3.8, 4) is 0 Å². The zero-order valence-corrected chi connectivity index (χ0v) is 12.8. The lowest BCUT2D eigenvalue weighted by atomic mass is 10.1. The van der Waals surface area contributed by atoms with Crippen molar-refractivity contribution in [3.63, 3.8) is 0 Å². The van der Waals surface area contributed by atoms with E-state index in [9.17, 15) is 4.79 Å². The van der Waals surface area contributed by atoms with Gasteiger partial charge in [-0.3, -0.25) is 4.79 Å². The molecule has 1 aliphatic rings. The molecule has 1 aromatic carbocycles. The third-order valence-electron chi connectivity index (χ3n) is 3.60. The number of hydrogen-bond donors (Lipinski definition) is 1. The lowest BCUT2D eigenvalue weighted by Gasteiger charge is -2.21. The molecule has 4 heteroatoms. The van der Waals surface area contributed by atoms with Gasteiger partial charge in [0, 0.05) is 16.5 Å². The Morgan fingerprint density at radius 1 is 1.21 bits per heavy atom. The van der Waals surface area contributed by atoms with E-state index in [1.807, 2.05) is 30.5 Å². The first-order valence-corrected chi connectivity index (χ1v) is 8.46. The minimum Gasteiger partial charge on any atom is -0.348 e. The van der Waals surface area contributed by atoms with E-state index in [0.29, 0.717) is 5.56 Å². The molecule has 0 bridgehead atoms. The second-order valence-corrected chi connectivity index (χ2v) is 6.40. The average Bonchev–Trinajstić information content (AvgIpc) is 2.64. The van der Waals surface area contributed by atoms with Crippen molar-refractivity contribution in [2.24, 2.45) is 0 Å². The van der Waals surface area contributed by atoms with Gasteiger partial charge in [-0.1, -0.05) is 19.3 Å². The molecule has 19 heavy (non-hydrogen) atoms. The van der Waals surface area contributed by atoms with Crippen molar-refractivity contribution in [1.82, 2.24) is 5.32 Å². The molecular formula is C15H20ClNOS. The largest absolute Gasteiger partial charge is 0.348 e. The quantitative estimate of drug-likeness (QED) is 0.517. The first-order valence-electron chi connectivity index (χ1n) is 6.79. The Labute approximate surface area is 124 Å². The van der Waals surface area contributed by atoms with Crippen molar-refractivity contribution in [2.45, 2.75) is 48.4 Å². The molecule has 0 heterocycles. The Morgan fingerprint density at radius 3 is 2.58 bits per heavy atom. The molecule has 0 aromatic heterocycles. The number of amides is 1. The van der Waals surface area contributed by atoms with Crippen molar-refractivity contribution < 1.29 is 4.79 Å². The summed E-state index contributed by atoms with van der Waals surface area (Å²) in [6.45, 7) is 0. The molecule has 104 valence electrons. The van der Waals surface area contributed by atoms with Crippen LogP contribution in [0.5, 0.6) is 0 Å². The SMILES string of the molecule is CSc1ccc(C(=O)NC2CCCCCC2Cl)cc1. The maximum atomic E-state index is 12.2. The molecule has 1 aliphatic carbocycles. The molecule has 1 fully saturated rings. The van der Waals surface area contributed by atoms with Crippen LogP contribution in [0.1, 0.15) is 42.5 Å². The summed E-state index contributed by atoms with van der Waals surface area (Å²) >= 11 is 8.02. The lowest BCUT2D eigenvalue weighted by molar-refractivity contribution is 0.0934. The topological polar surface area (TPSA) is 29.1 Å². The van der Waals surface area contributed by atoms with Gasteiger partial charge in [-0.15, -0.1) is 23.4 Å². The standard InChI is InChI=1S/C15H20ClNOS/c1-19-12-9-7-11(8-10-12)15(18)17-14-6-4-2-3-5-13(14)16/h7-10,13-14H,2-6H2,1H3,(H,17,18). The highest BCUT2D eigenvalue weighted by Gasteiger charge is 2.23.